The summed E-state index contributed by atoms with van der Waals surface area (Å²) >= 11 is 0. The minimum atomic E-state index is 0.197. The van der Waals surface area contributed by atoms with Gasteiger partial charge in [0.1, 0.15) is 11.5 Å². The van der Waals surface area contributed by atoms with Crippen molar-refractivity contribution in [3.8, 4) is 5.75 Å². The number of benzene rings is 1. The van der Waals surface area contributed by atoms with Gasteiger partial charge in [-0.15, -0.1) is 0 Å². The van der Waals surface area contributed by atoms with Crippen molar-refractivity contribution < 1.29 is 4.74 Å². The Balaban J connectivity index is 2.08. The number of hydrogen-bond donors (Lipinski definition) is 0. The average Bonchev–Trinajstić information content (AvgIpc) is 2.30. The van der Waals surface area contributed by atoms with E-state index in [2.05, 4.69) is 45.1 Å². The molecule has 1 aliphatic carbocycles. The van der Waals surface area contributed by atoms with Crippen LogP contribution < -0.4 is 4.74 Å². The molecular weight excluding hydrogens is 208 g/mol. The Labute approximate surface area is 104 Å². The fourth-order valence-corrected chi connectivity index (χ4v) is 1.82. The highest BCUT2D eigenvalue weighted by Gasteiger charge is 2.13. The number of hydrogen-bond acceptors (Lipinski definition) is 1. The van der Waals surface area contributed by atoms with Gasteiger partial charge >= 0.3 is 0 Å². The van der Waals surface area contributed by atoms with Gasteiger partial charge in [-0.2, -0.15) is 0 Å². The van der Waals surface area contributed by atoms with E-state index in [1.165, 1.54) is 5.56 Å². The highest BCUT2D eigenvalue weighted by atomic mass is 16.5. The number of rotatable bonds is 2. The van der Waals surface area contributed by atoms with E-state index in [0.29, 0.717) is 0 Å². The zero-order valence-electron chi connectivity index (χ0n) is 10.9. The second kappa shape index (κ2) is 4.79. The summed E-state index contributed by atoms with van der Waals surface area (Å²) in [6.45, 7) is 6.65. The first-order valence-corrected chi connectivity index (χ1v) is 6.21. The lowest BCUT2D eigenvalue weighted by atomic mass is 9.87. The minimum absolute atomic E-state index is 0.197. The normalized spacial score (nSPS) is 15.6. The number of allylic oxidation sites excluding steroid dienone is 3. The smallest absolute Gasteiger partial charge is 0.127 e. The molecule has 0 unspecified atom stereocenters. The summed E-state index contributed by atoms with van der Waals surface area (Å²) in [4.78, 5) is 0. The molecule has 0 fully saturated rings. The van der Waals surface area contributed by atoms with Crippen LogP contribution in [0.2, 0.25) is 0 Å². The van der Waals surface area contributed by atoms with Crippen LogP contribution in [0.25, 0.3) is 0 Å². The Bertz CT molecular complexity index is 430. The summed E-state index contributed by atoms with van der Waals surface area (Å²) in [5.41, 5.74) is 1.53. The third kappa shape index (κ3) is 3.23. The average molecular weight is 228 g/mol. The van der Waals surface area contributed by atoms with Crippen LogP contribution in [-0.2, 0) is 5.41 Å². The van der Waals surface area contributed by atoms with Crippen molar-refractivity contribution in [2.24, 2.45) is 0 Å². The summed E-state index contributed by atoms with van der Waals surface area (Å²) < 4.78 is 5.80. The first kappa shape index (κ1) is 12.0. The third-order valence-electron chi connectivity index (χ3n) is 2.92. The Hall–Kier alpha value is -1.50. The van der Waals surface area contributed by atoms with Crippen molar-refractivity contribution >= 4 is 0 Å². The first-order valence-electron chi connectivity index (χ1n) is 6.21. The van der Waals surface area contributed by atoms with E-state index < -0.39 is 0 Å². The summed E-state index contributed by atoms with van der Waals surface area (Å²) in [6, 6.07) is 8.37. The van der Waals surface area contributed by atoms with E-state index in [9.17, 15) is 0 Å². The summed E-state index contributed by atoms with van der Waals surface area (Å²) in [5.74, 6) is 1.87. The molecule has 0 amide bonds. The van der Waals surface area contributed by atoms with E-state index in [0.717, 1.165) is 24.4 Å². The zero-order valence-corrected chi connectivity index (χ0v) is 10.9. The zero-order chi connectivity index (χ0) is 12.3. The van der Waals surface area contributed by atoms with E-state index in [1.54, 1.807) is 0 Å². The first-order chi connectivity index (χ1) is 8.05. The Morgan fingerprint density at radius 2 is 1.71 bits per heavy atom. The molecule has 0 heterocycles. The molecule has 0 aromatic heterocycles. The predicted molar refractivity (Wildman–Crippen MR) is 72.2 cm³/mol. The summed E-state index contributed by atoms with van der Waals surface area (Å²) in [7, 11) is 0. The standard InChI is InChI=1S/C16H20O/c1-16(2,3)13-9-11-15(12-10-13)17-14-7-5-4-6-8-14/h5,7-12H,4,6H2,1-3H3. The molecule has 17 heavy (non-hydrogen) atoms. The van der Waals surface area contributed by atoms with Crippen molar-refractivity contribution in [1.82, 2.24) is 0 Å². The maximum atomic E-state index is 5.80. The van der Waals surface area contributed by atoms with Gasteiger partial charge in [0.15, 0.2) is 0 Å². The molecule has 90 valence electrons. The van der Waals surface area contributed by atoms with Crippen LogP contribution in [0.1, 0.15) is 39.2 Å². The molecule has 2 rings (SSSR count). The Kier molecular flexibility index (Phi) is 3.37. The van der Waals surface area contributed by atoms with Crippen molar-refractivity contribution in [2.45, 2.75) is 39.0 Å². The van der Waals surface area contributed by atoms with Gasteiger partial charge in [0, 0.05) is 0 Å². The van der Waals surface area contributed by atoms with Crippen LogP contribution in [0.5, 0.6) is 5.75 Å². The lowest BCUT2D eigenvalue weighted by Crippen LogP contribution is -2.10. The Morgan fingerprint density at radius 3 is 2.24 bits per heavy atom. The second-order valence-corrected chi connectivity index (χ2v) is 5.46. The van der Waals surface area contributed by atoms with Crippen molar-refractivity contribution in [3.05, 3.63) is 53.8 Å². The lowest BCUT2D eigenvalue weighted by Gasteiger charge is -2.19. The molecule has 1 aliphatic rings. The van der Waals surface area contributed by atoms with Crippen LogP contribution in [0, 0.1) is 0 Å². The quantitative estimate of drug-likeness (QED) is 0.719. The molecule has 0 atom stereocenters. The van der Waals surface area contributed by atoms with Crippen molar-refractivity contribution in [2.75, 3.05) is 0 Å². The molecular formula is C16H20O. The molecule has 0 bridgehead atoms. The maximum Gasteiger partial charge on any atom is 0.127 e. The third-order valence-corrected chi connectivity index (χ3v) is 2.92. The highest BCUT2D eigenvalue weighted by Crippen LogP contribution is 2.25. The van der Waals surface area contributed by atoms with Crippen LogP contribution in [-0.4, -0.2) is 0 Å². The molecule has 1 aromatic rings. The van der Waals surface area contributed by atoms with Crippen molar-refractivity contribution in [1.29, 1.82) is 0 Å². The van der Waals surface area contributed by atoms with E-state index in [1.807, 2.05) is 18.2 Å². The second-order valence-electron chi connectivity index (χ2n) is 5.46. The van der Waals surface area contributed by atoms with Crippen molar-refractivity contribution in [3.63, 3.8) is 0 Å². The monoisotopic (exact) mass is 228 g/mol. The number of ether oxygens (including phenoxy) is 1. The van der Waals surface area contributed by atoms with Gasteiger partial charge in [0.2, 0.25) is 0 Å². The molecule has 0 radical (unpaired) electrons. The lowest BCUT2D eigenvalue weighted by molar-refractivity contribution is 0.438. The van der Waals surface area contributed by atoms with E-state index >= 15 is 0 Å². The van der Waals surface area contributed by atoms with Crippen LogP contribution in [0.4, 0.5) is 0 Å². The van der Waals surface area contributed by atoms with Gasteiger partial charge in [0.25, 0.3) is 0 Å². The highest BCUT2D eigenvalue weighted by molar-refractivity contribution is 5.33. The van der Waals surface area contributed by atoms with Crippen LogP contribution in [0.15, 0.2) is 48.3 Å². The van der Waals surface area contributed by atoms with Gasteiger partial charge in [-0.05, 0) is 48.1 Å². The molecule has 0 N–H and O–H groups in total. The molecule has 1 nitrogen and oxygen atoms in total. The van der Waals surface area contributed by atoms with Gasteiger partial charge < -0.3 is 4.74 Å². The van der Waals surface area contributed by atoms with E-state index in [4.69, 9.17) is 4.74 Å². The SMILES string of the molecule is CC(C)(C)c1ccc(OC2=CCCC=C2)cc1. The van der Waals surface area contributed by atoms with Gasteiger partial charge in [-0.1, -0.05) is 39.0 Å². The largest absolute Gasteiger partial charge is 0.458 e. The topological polar surface area (TPSA) is 9.23 Å². The fraction of sp³-hybridized carbons (Fsp3) is 0.375. The fourth-order valence-electron chi connectivity index (χ4n) is 1.82. The van der Waals surface area contributed by atoms with Crippen LogP contribution in [0.3, 0.4) is 0 Å². The maximum absolute atomic E-state index is 5.80. The summed E-state index contributed by atoms with van der Waals surface area (Å²) in [5, 5.41) is 0. The molecule has 0 spiro atoms. The molecule has 0 saturated carbocycles. The molecule has 0 saturated heterocycles. The molecule has 1 aromatic carbocycles. The van der Waals surface area contributed by atoms with Gasteiger partial charge in [-0.3, -0.25) is 0 Å². The van der Waals surface area contributed by atoms with E-state index in [-0.39, 0.29) is 5.41 Å². The molecule has 0 aliphatic heterocycles. The summed E-state index contributed by atoms with van der Waals surface area (Å²) in [6.07, 6.45) is 8.53. The molecule has 1 heteroatoms. The van der Waals surface area contributed by atoms with Gasteiger partial charge in [-0.25, -0.2) is 0 Å². The predicted octanol–water partition coefficient (Wildman–Crippen LogP) is 4.60. The van der Waals surface area contributed by atoms with Gasteiger partial charge in [0.05, 0.1) is 0 Å². The van der Waals surface area contributed by atoms with Crippen LogP contribution >= 0.6 is 0 Å². The minimum Gasteiger partial charge on any atom is -0.458 e. The Morgan fingerprint density at radius 1 is 1.00 bits per heavy atom.